The minimum absolute atomic E-state index is 0.218. The first-order valence-corrected chi connectivity index (χ1v) is 10.3. The summed E-state index contributed by atoms with van der Waals surface area (Å²) in [6.45, 7) is 1.12. The lowest BCUT2D eigenvalue weighted by molar-refractivity contribution is 0.142. The maximum atomic E-state index is 14.8. The van der Waals surface area contributed by atoms with Crippen molar-refractivity contribution in [1.29, 1.82) is 0 Å². The van der Waals surface area contributed by atoms with E-state index in [2.05, 4.69) is 15.4 Å². The molecule has 1 fully saturated rings. The fourth-order valence-corrected chi connectivity index (χ4v) is 3.90. The summed E-state index contributed by atoms with van der Waals surface area (Å²) in [5.41, 5.74) is 1.34. The first-order valence-electron chi connectivity index (χ1n) is 9.05. The molecule has 0 aliphatic carbocycles. The second-order valence-corrected chi connectivity index (χ2v) is 7.80. The molecule has 0 bridgehead atoms. The number of nitrogens with one attached hydrogen (secondary N) is 1. The molecule has 1 amide bonds. The van der Waals surface area contributed by atoms with Crippen LogP contribution >= 0.6 is 23.6 Å². The van der Waals surface area contributed by atoms with E-state index in [-0.39, 0.29) is 11.7 Å². The molecule has 0 radical (unpaired) electrons. The van der Waals surface area contributed by atoms with Gasteiger partial charge in [-0.05, 0) is 36.5 Å². The van der Waals surface area contributed by atoms with Gasteiger partial charge in [0.2, 0.25) is 0 Å². The summed E-state index contributed by atoms with van der Waals surface area (Å²) < 4.78 is 26.7. The van der Waals surface area contributed by atoms with Crippen LogP contribution in [0.1, 0.15) is 5.01 Å². The number of carbonyl (C=O) groups excluding carboxylic acids is 1. The van der Waals surface area contributed by atoms with Crippen LogP contribution in [0.4, 0.5) is 14.9 Å². The molecule has 3 aromatic rings. The van der Waals surface area contributed by atoms with Crippen LogP contribution in [0.25, 0.3) is 11.3 Å². The summed E-state index contributed by atoms with van der Waals surface area (Å²) in [6.07, 6.45) is 2.59. The molecular formula is C19H18FN5O3S2. The normalized spacial score (nSPS) is 15.9. The Kier molecular flexibility index (Phi) is 5.91. The zero-order chi connectivity index (χ0) is 21.1. The second-order valence-electron chi connectivity index (χ2n) is 6.48. The number of thiazole rings is 1. The molecule has 0 unspecified atom stereocenters. The summed E-state index contributed by atoms with van der Waals surface area (Å²) in [7, 11) is 1.45. The number of hydrogen-bond donors (Lipinski definition) is 1. The lowest BCUT2D eigenvalue weighted by Crippen LogP contribution is -2.34. The third-order valence-electron chi connectivity index (χ3n) is 4.48. The van der Waals surface area contributed by atoms with Gasteiger partial charge in [-0.1, -0.05) is 0 Å². The summed E-state index contributed by atoms with van der Waals surface area (Å²) in [5, 5.41) is 9.84. The Balaban J connectivity index is 1.45. The van der Waals surface area contributed by atoms with Crippen molar-refractivity contribution in [3.63, 3.8) is 0 Å². The molecule has 2 aromatic heterocycles. The number of aromatic nitrogens is 3. The Bertz CT molecular complexity index is 1060. The van der Waals surface area contributed by atoms with Crippen molar-refractivity contribution < 1.29 is 18.7 Å². The van der Waals surface area contributed by atoms with E-state index in [1.165, 1.54) is 29.4 Å². The standard InChI is InChI=1S/C19H18FN5O3S2/c1-27-18(29)21-8-13-9-25(19(26)28-13)12-3-4-14(15(20)7-12)16-11-30-17(23-16)10-24-6-2-5-22-24/h2-7,11,13H,8-10H2,1H3,(H,21,29)/t13-/m0/s1. The highest BCUT2D eigenvalue weighted by molar-refractivity contribution is 7.80. The Morgan fingerprint density at radius 2 is 2.37 bits per heavy atom. The Morgan fingerprint density at radius 1 is 1.50 bits per heavy atom. The average Bonchev–Trinajstić information content (AvgIpc) is 3.48. The quantitative estimate of drug-likeness (QED) is 0.582. The molecule has 8 nitrogen and oxygen atoms in total. The molecule has 11 heteroatoms. The molecule has 3 heterocycles. The highest BCUT2D eigenvalue weighted by atomic mass is 32.1. The minimum Gasteiger partial charge on any atom is -0.474 e. The summed E-state index contributed by atoms with van der Waals surface area (Å²) in [6, 6.07) is 6.46. The van der Waals surface area contributed by atoms with E-state index in [1.54, 1.807) is 28.4 Å². The predicted molar refractivity (Wildman–Crippen MR) is 114 cm³/mol. The number of thiocarbonyl (C=S) groups is 1. The molecule has 0 spiro atoms. The number of rotatable bonds is 6. The number of benzene rings is 1. The van der Waals surface area contributed by atoms with Crippen LogP contribution in [0.3, 0.4) is 0 Å². The van der Waals surface area contributed by atoms with E-state index in [0.29, 0.717) is 30.0 Å². The Morgan fingerprint density at radius 3 is 3.10 bits per heavy atom. The molecular weight excluding hydrogens is 429 g/mol. The minimum atomic E-state index is -0.535. The van der Waals surface area contributed by atoms with Crippen molar-refractivity contribution in [2.24, 2.45) is 0 Å². The van der Waals surface area contributed by atoms with Gasteiger partial charge >= 0.3 is 6.09 Å². The topological polar surface area (TPSA) is 81.5 Å². The number of halogens is 1. The molecule has 1 aromatic carbocycles. The van der Waals surface area contributed by atoms with Crippen molar-refractivity contribution in [3.05, 3.63) is 52.9 Å². The van der Waals surface area contributed by atoms with Crippen molar-refractivity contribution in [3.8, 4) is 11.3 Å². The van der Waals surface area contributed by atoms with E-state index in [1.807, 2.05) is 12.3 Å². The maximum absolute atomic E-state index is 14.8. The van der Waals surface area contributed by atoms with Crippen LogP contribution < -0.4 is 10.2 Å². The van der Waals surface area contributed by atoms with Gasteiger partial charge < -0.3 is 14.8 Å². The first kappa shape index (κ1) is 20.2. The van der Waals surface area contributed by atoms with Crippen LogP contribution in [-0.4, -0.2) is 52.3 Å². The van der Waals surface area contributed by atoms with Crippen molar-refractivity contribution in [1.82, 2.24) is 20.1 Å². The molecule has 30 heavy (non-hydrogen) atoms. The largest absolute Gasteiger partial charge is 0.474 e. The number of cyclic esters (lactones) is 1. The molecule has 1 aliphatic heterocycles. The van der Waals surface area contributed by atoms with Gasteiger partial charge in [-0.2, -0.15) is 5.10 Å². The van der Waals surface area contributed by atoms with Crippen molar-refractivity contribution in [2.45, 2.75) is 12.6 Å². The average molecular weight is 448 g/mol. The van der Waals surface area contributed by atoms with Gasteiger partial charge in [-0.3, -0.25) is 9.58 Å². The van der Waals surface area contributed by atoms with Crippen LogP contribution in [0.2, 0.25) is 0 Å². The zero-order valence-corrected chi connectivity index (χ0v) is 17.6. The van der Waals surface area contributed by atoms with Crippen LogP contribution in [-0.2, 0) is 16.0 Å². The Labute approximate surface area is 181 Å². The number of ether oxygens (including phenoxy) is 2. The van der Waals surface area contributed by atoms with Crippen molar-refractivity contribution in [2.75, 3.05) is 25.1 Å². The van der Waals surface area contributed by atoms with Crippen molar-refractivity contribution >= 4 is 40.5 Å². The van der Waals surface area contributed by atoms with Gasteiger partial charge in [0.05, 0.1) is 38.1 Å². The molecule has 1 atom stereocenters. The number of amides is 1. The first-order chi connectivity index (χ1) is 14.5. The van der Waals surface area contributed by atoms with Crippen LogP contribution in [0, 0.1) is 5.82 Å². The summed E-state index contributed by atoms with van der Waals surface area (Å²) >= 11 is 6.35. The van der Waals surface area contributed by atoms with Gasteiger partial charge in [0.25, 0.3) is 5.17 Å². The Hall–Kier alpha value is -3.05. The third-order valence-corrected chi connectivity index (χ3v) is 5.63. The SMILES string of the molecule is COC(=S)NC[C@H]1CN(c2ccc(-c3csc(Cn4cccn4)n3)c(F)c2)C(=O)O1. The van der Waals surface area contributed by atoms with Gasteiger partial charge in [-0.25, -0.2) is 14.2 Å². The molecule has 1 N–H and O–H groups in total. The zero-order valence-electron chi connectivity index (χ0n) is 15.9. The second kappa shape index (κ2) is 8.76. The van der Waals surface area contributed by atoms with Gasteiger partial charge in [0.1, 0.15) is 16.9 Å². The monoisotopic (exact) mass is 447 g/mol. The molecule has 1 saturated heterocycles. The fraction of sp³-hybridized carbons (Fsp3) is 0.263. The maximum Gasteiger partial charge on any atom is 0.414 e. The molecule has 0 saturated carbocycles. The highest BCUT2D eigenvalue weighted by Crippen LogP contribution is 2.30. The van der Waals surface area contributed by atoms with Gasteiger partial charge in [-0.15, -0.1) is 11.3 Å². The number of hydrogen-bond acceptors (Lipinski definition) is 7. The fourth-order valence-electron chi connectivity index (χ4n) is 3.03. The predicted octanol–water partition coefficient (Wildman–Crippen LogP) is 3.04. The van der Waals surface area contributed by atoms with Crippen LogP contribution in [0.5, 0.6) is 0 Å². The van der Waals surface area contributed by atoms with E-state index in [4.69, 9.17) is 21.7 Å². The summed E-state index contributed by atoms with van der Waals surface area (Å²) in [5.74, 6) is -0.460. The van der Waals surface area contributed by atoms with Gasteiger partial charge in [0, 0.05) is 23.3 Å². The number of nitrogens with zero attached hydrogens (tertiary/aromatic N) is 4. The van der Waals surface area contributed by atoms with Crippen LogP contribution in [0.15, 0.2) is 42.0 Å². The summed E-state index contributed by atoms with van der Waals surface area (Å²) in [4.78, 5) is 18.1. The lowest BCUT2D eigenvalue weighted by Gasteiger charge is -2.14. The van der Waals surface area contributed by atoms with Gasteiger partial charge in [0.15, 0.2) is 0 Å². The smallest absolute Gasteiger partial charge is 0.414 e. The number of anilines is 1. The lowest BCUT2D eigenvalue weighted by atomic mass is 10.1. The molecule has 156 valence electrons. The number of carbonyl (C=O) groups is 1. The van der Waals surface area contributed by atoms with E-state index in [0.717, 1.165) is 5.01 Å². The third kappa shape index (κ3) is 4.41. The molecule has 4 rings (SSSR count). The van der Waals surface area contributed by atoms with E-state index >= 15 is 0 Å². The van der Waals surface area contributed by atoms with E-state index in [9.17, 15) is 9.18 Å². The number of methoxy groups -OCH3 is 1. The highest BCUT2D eigenvalue weighted by Gasteiger charge is 2.32. The molecule has 1 aliphatic rings. The van der Waals surface area contributed by atoms with E-state index < -0.39 is 18.0 Å².